The molecule has 1 heterocycles. The molecule has 1 aromatic carbocycles. The number of carboxylic acids is 1. The molecule has 0 aliphatic heterocycles. The van der Waals surface area contributed by atoms with Crippen LogP contribution in [0.15, 0.2) is 27.8 Å². The minimum absolute atomic E-state index is 0.0669. The standard InChI is InChI=1S/C11H9FN2O4/c1-5(10(16)17)14-9(15)7-4-6(12)2-3-8(7)13-11(14)18/h2-5H,1H3,(H,13,18)(H,16,17). The van der Waals surface area contributed by atoms with Gasteiger partial charge < -0.3 is 10.1 Å². The first kappa shape index (κ1) is 12.0. The Morgan fingerprint density at radius 3 is 2.72 bits per heavy atom. The molecule has 94 valence electrons. The number of aromatic nitrogens is 2. The molecule has 0 spiro atoms. The van der Waals surface area contributed by atoms with Crippen molar-refractivity contribution in [1.29, 1.82) is 0 Å². The van der Waals surface area contributed by atoms with Crippen LogP contribution in [-0.2, 0) is 4.79 Å². The zero-order valence-electron chi connectivity index (χ0n) is 9.31. The SMILES string of the molecule is CC(C(=O)O)n1c(=O)[nH]c2ccc(F)cc2c1=O. The molecule has 0 fully saturated rings. The summed E-state index contributed by atoms with van der Waals surface area (Å²) in [6.07, 6.45) is 0. The minimum Gasteiger partial charge on any atom is -0.480 e. The highest BCUT2D eigenvalue weighted by molar-refractivity contribution is 5.78. The molecule has 2 N–H and O–H groups in total. The smallest absolute Gasteiger partial charge is 0.329 e. The Labute approximate surface area is 99.3 Å². The van der Waals surface area contributed by atoms with Gasteiger partial charge in [-0.2, -0.15) is 0 Å². The molecular weight excluding hydrogens is 243 g/mol. The number of carbonyl (C=O) groups is 1. The molecule has 0 amide bonds. The predicted molar refractivity (Wildman–Crippen MR) is 61.1 cm³/mol. The first-order chi connectivity index (χ1) is 8.41. The zero-order chi connectivity index (χ0) is 13.4. The van der Waals surface area contributed by atoms with Gasteiger partial charge in [-0.25, -0.2) is 18.5 Å². The minimum atomic E-state index is -1.33. The summed E-state index contributed by atoms with van der Waals surface area (Å²) in [5, 5.41) is 8.76. The van der Waals surface area contributed by atoms with E-state index in [1.165, 1.54) is 13.0 Å². The van der Waals surface area contributed by atoms with Crippen LogP contribution in [-0.4, -0.2) is 20.6 Å². The summed E-state index contributed by atoms with van der Waals surface area (Å²) in [5.74, 6) is -1.96. The summed E-state index contributed by atoms with van der Waals surface area (Å²) in [5.41, 5.74) is -1.50. The zero-order valence-corrected chi connectivity index (χ0v) is 9.31. The quantitative estimate of drug-likeness (QED) is 0.812. The molecule has 0 radical (unpaired) electrons. The molecule has 0 saturated heterocycles. The van der Waals surface area contributed by atoms with Crippen LogP contribution >= 0.6 is 0 Å². The number of halogens is 1. The normalized spacial score (nSPS) is 12.6. The molecule has 2 aromatic rings. The number of H-pyrrole nitrogens is 1. The van der Waals surface area contributed by atoms with Crippen LogP contribution in [0.1, 0.15) is 13.0 Å². The lowest BCUT2D eigenvalue weighted by molar-refractivity contribution is -0.140. The van der Waals surface area contributed by atoms with Gasteiger partial charge in [-0.05, 0) is 25.1 Å². The highest BCUT2D eigenvalue weighted by atomic mass is 19.1. The second-order valence-corrected chi connectivity index (χ2v) is 3.81. The second-order valence-electron chi connectivity index (χ2n) is 3.81. The summed E-state index contributed by atoms with van der Waals surface area (Å²) in [6, 6.07) is 1.99. The third-order valence-electron chi connectivity index (χ3n) is 2.64. The van der Waals surface area contributed by atoms with Gasteiger partial charge in [0.2, 0.25) is 0 Å². The lowest BCUT2D eigenvalue weighted by Gasteiger charge is -2.10. The number of rotatable bonds is 2. The second kappa shape index (κ2) is 4.10. The third-order valence-corrected chi connectivity index (χ3v) is 2.64. The van der Waals surface area contributed by atoms with Gasteiger partial charge >= 0.3 is 11.7 Å². The Balaban J connectivity index is 2.88. The molecule has 0 saturated carbocycles. The number of nitrogens with one attached hydrogen (secondary N) is 1. The summed E-state index contributed by atoms with van der Waals surface area (Å²) in [4.78, 5) is 36.8. The predicted octanol–water partition coefficient (Wildman–Crippen LogP) is 0.474. The molecule has 0 bridgehead atoms. The molecule has 18 heavy (non-hydrogen) atoms. The van der Waals surface area contributed by atoms with Crippen molar-refractivity contribution in [2.75, 3.05) is 0 Å². The lowest BCUT2D eigenvalue weighted by Crippen LogP contribution is -2.39. The van der Waals surface area contributed by atoms with Gasteiger partial charge in [0.25, 0.3) is 5.56 Å². The first-order valence-corrected chi connectivity index (χ1v) is 5.08. The van der Waals surface area contributed by atoms with Gasteiger partial charge in [-0.15, -0.1) is 0 Å². The summed E-state index contributed by atoms with van der Waals surface area (Å²) >= 11 is 0. The number of fused-ring (bicyclic) bond motifs is 1. The van der Waals surface area contributed by atoms with E-state index in [2.05, 4.69) is 4.98 Å². The third kappa shape index (κ3) is 1.79. The number of nitrogens with zero attached hydrogens (tertiary/aromatic N) is 1. The fourth-order valence-electron chi connectivity index (χ4n) is 1.66. The average molecular weight is 252 g/mol. The average Bonchev–Trinajstić information content (AvgIpc) is 2.30. The molecule has 7 heteroatoms. The molecule has 2 rings (SSSR count). The maximum atomic E-state index is 13.1. The maximum absolute atomic E-state index is 13.1. The summed E-state index contributed by atoms with van der Waals surface area (Å²) < 4.78 is 13.6. The fraction of sp³-hybridized carbons (Fsp3) is 0.182. The van der Waals surface area contributed by atoms with Gasteiger partial charge in [-0.3, -0.25) is 4.79 Å². The van der Waals surface area contributed by atoms with Crippen LogP contribution < -0.4 is 11.2 Å². The molecule has 0 aliphatic rings. The van der Waals surface area contributed by atoms with Crippen molar-refractivity contribution < 1.29 is 14.3 Å². The highest BCUT2D eigenvalue weighted by Crippen LogP contribution is 2.08. The van der Waals surface area contributed by atoms with Crippen molar-refractivity contribution in [3.63, 3.8) is 0 Å². The van der Waals surface area contributed by atoms with E-state index in [0.717, 1.165) is 12.1 Å². The molecule has 0 aliphatic carbocycles. The van der Waals surface area contributed by atoms with Gasteiger partial charge in [0.15, 0.2) is 0 Å². The largest absolute Gasteiger partial charge is 0.480 e. The van der Waals surface area contributed by atoms with Gasteiger partial charge in [-0.1, -0.05) is 0 Å². The van der Waals surface area contributed by atoms with E-state index in [9.17, 15) is 18.8 Å². The summed E-state index contributed by atoms with van der Waals surface area (Å²) in [6.45, 7) is 1.20. The summed E-state index contributed by atoms with van der Waals surface area (Å²) in [7, 11) is 0. The van der Waals surface area contributed by atoms with Gasteiger partial charge in [0, 0.05) is 0 Å². The number of hydrogen-bond donors (Lipinski definition) is 2. The molecule has 1 unspecified atom stereocenters. The topological polar surface area (TPSA) is 92.2 Å². The van der Waals surface area contributed by atoms with Crippen molar-refractivity contribution in [3.8, 4) is 0 Å². The van der Waals surface area contributed by atoms with Crippen molar-refractivity contribution >= 4 is 16.9 Å². The van der Waals surface area contributed by atoms with E-state index in [4.69, 9.17) is 5.11 Å². The van der Waals surface area contributed by atoms with Crippen molar-refractivity contribution in [1.82, 2.24) is 9.55 Å². The van der Waals surface area contributed by atoms with E-state index in [-0.39, 0.29) is 10.9 Å². The lowest BCUT2D eigenvalue weighted by atomic mass is 10.2. The highest BCUT2D eigenvalue weighted by Gasteiger charge is 2.19. The van der Waals surface area contributed by atoms with E-state index < -0.39 is 29.1 Å². The molecular formula is C11H9FN2O4. The number of benzene rings is 1. The number of carboxylic acid groups (broad SMARTS) is 1. The Kier molecular flexibility index (Phi) is 2.74. The van der Waals surface area contributed by atoms with Crippen LogP contribution in [0.3, 0.4) is 0 Å². The Morgan fingerprint density at radius 2 is 2.11 bits per heavy atom. The van der Waals surface area contributed by atoms with E-state index in [1.54, 1.807) is 0 Å². The Morgan fingerprint density at radius 1 is 1.44 bits per heavy atom. The monoisotopic (exact) mass is 252 g/mol. The van der Waals surface area contributed by atoms with Crippen LogP contribution in [0.25, 0.3) is 10.9 Å². The van der Waals surface area contributed by atoms with Crippen LogP contribution in [0.5, 0.6) is 0 Å². The molecule has 1 atom stereocenters. The van der Waals surface area contributed by atoms with E-state index in [0.29, 0.717) is 4.57 Å². The Hall–Kier alpha value is -2.44. The van der Waals surface area contributed by atoms with Crippen molar-refractivity contribution in [3.05, 3.63) is 44.9 Å². The number of hydrogen-bond acceptors (Lipinski definition) is 3. The van der Waals surface area contributed by atoms with E-state index in [1.807, 2.05) is 0 Å². The molecule has 6 nitrogen and oxygen atoms in total. The molecule has 1 aromatic heterocycles. The fourth-order valence-corrected chi connectivity index (χ4v) is 1.66. The van der Waals surface area contributed by atoms with Gasteiger partial charge in [0.05, 0.1) is 10.9 Å². The van der Waals surface area contributed by atoms with E-state index >= 15 is 0 Å². The van der Waals surface area contributed by atoms with Crippen LogP contribution in [0.4, 0.5) is 4.39 Å². The van der Waals surface area contributed by atoms with Crippen molar-refractivity contribution in [2.45, 2.75) is 13.0 Å². The van der Waals surface area contributed by atoms with Gasteiger partial charge in [0.1, 0.15) is 11.9 Å². The van der Waals surface area contributed by atoms with Crippen LogP contribution in [0.2, 0.25) is 0 Å². The van der Waals surface area contributed by atoms with Crippen LogP contribution in [0, 0.1) is 5.82 Å². The number of aromatic amines is 1. The van der Waals surface area contributed by atoms with Crippen molar-refractivity contribution in [2.24, 2.45) is 0 Å². The first-order valence-electron chi connectivity index (χ1n) is 5.08. The Bertz CT molecular complexity index is 747. The maximum Gasteiger partial charge on any atom is 0.329 e. The number of aliphatic carboxylic acids is 1.